The second kappa shape index (κ2) is 5.73. The first kappa shape index (κ1) is 12.7. The van der Waals surface area contributed by atoms with Crippen molar-refractivity contribution >= 4 is 23.5 Å². The third-order valence-corrected chi connectivity index (χ3v) is 3.16. The molecule has 0 fully saturated rings. The summed E-state index contributed by atoms with van der Waals surface area (Å²) in [5, 5.41) is 6.41. The fraction of sp³-hybridized carbons (Fsp3) is 0.231. The first-order valence-electron chi connectivity index (χ1n) is 5.53. The van der Waals surface area contributed by atoms with Gasteiger partial charge in [0.1, 0.15) is 5.76 Å². The van der Waals surface area contributed by atoms with Crippen molar-refractivity contribution in [3.8, 4) is 0 Å². The molecular formula is C13H14N2O2S. The molecule has 0 radical (unpaired) electrons. The van der Waals surface area contributed by atoms with Crippen molar-refractivity contribution in [2.75, 3.05) is 11.6 Å². The molecule has 4 nitrogen and oxygen atoms in total. The Hall–Kier alpha value is -1.75. The van der Waals surface area contributed by atoms with E-state index in [-0.39, 0.29) is 5.91 Å². The van der Waals surface area contributed by atoms with Crippen LogP contribution in [-0.2, 0) is 11.2 Å². The average Bonchev–Trinajstić information content (AvgIpc) is 2.75. The average molecular weight is 262 g/mol. The Kier molecular flexibility index (Phi) is 4.04. The normalized spacial score (nSPS) is 10.3. The summed E-state index contributed by atoms with van der Waals surface area (Å²) in [6.07, 6.45) is 2.36. The quantitative estimate of drug-likeness (QED) is 0.861. The second-order valence-electron chi connectivity index (χ2n) is 3.90. The third kappa shape index (κ3) is 3.37. The molecule has 1 aromatic heterocycles. The molecular weight excluding hydrogens is 248 g/mol. The minimum absolute atomic E-state index is 0.0970. The van der Waals surface area contributed by atoms with Gasteiger partial charge in [-0.2, -0.15) is 0 Å². The Bertz CT molecular complexity index is 534. The highest BCUT2D eigenvalue weighted by Gasteiger charge is 2.07. The molecule has 1 heterocycles. The second-order valence-corrected chi connectivity index (χ2v) is 4.78. The Morgan fingerprint density at radius 3 is 2.67 bits per heavy atom. The number of aryl methyl sites for hydroxylation is 1. The monoisotopic (exact) mass is 262 g/mol. The van der Waals surface area contributed by atoms with Crippen LogP contribution in [0, 0.1) is 6.92 Å². The predicted molar refractivity (Wildman–Crippen MR) is 71.8 cm³/mol. The third-order valence-electron chi connectivity index (χ3n) is 2.42. The van der Waals surface area contributed by atoms with E-state index in [1.54, 1.807) is 24.8 Å². The molecule has 0 unspecified atom stereocenters. The van der Waals surface area contributed by atoms with Crippen molar-refractivity contribution in [1.29, 1.82) is 0 Å². The molecule has 0 bridgehead atoms. The van der Waals surface area contributed by atoms with Crippen LogP contribution < -0.4 is 5.32 Å². The van der Waals surface area contributed by atoms with Crippen LogP contribution in [0.3, 0.4) is 0 Å². The molecule has 94 valence electrons. The molecule has 0 aliphatic heterocycles. The highest BCUT2D eigenvalue weighted by molar-refractivity contribution is 7.98. The maximum atomic E-state index is 11.7. The summed E-state index contributed by atoms with van der Waals surface area (Å²) in [6.45, 7) is 1.78. The summed E-state index contributed by atoms with van der Waals surface area (Å²) >= 11 is 1.68. The van der Waals surface area contributed by atoms with Crippen molar-refractivity contribution < 1.29 is 9.32 Å². The molecule has 5 heteroatoms. The summed E-state index contributed by atoms with van der Waals surface area (Å²) in [4.78, 5) is 12.9. The van der Waals surface area contributed by atoms with E-state index in [4.69, 9.17) is 4.52 Å². The van der Waals surface area contributed by atoms with Crippen LogP contribution in [0.25, 0.3) is 0 Å². The number of carbonyl (C=O) groups excluding carboxylic acids is 1. The van der Waals surface area contributed by atoms with Gasteiger partial charge in [0, 0.05) is 11.0 Å². The molecule has 0 spiro atoms. The molecule has 0 aliphatic rings. The smallest absolute Gasteiger partial charge is 0.230 e. The topological polar surface area (TPSA) is 55.1 Å². The van der Waals surface area contributed by atoms with Gasteiger partial charge in [-0.25, -0.2) is 0 Å². The number of hydrogen-bond acceptors (Lipinski definition) is 4. The fourth-order valence-electron chi connectivity index (χ4n) is 1.54. The molecule has 0 saturated carbocycles. The molecule has 1 aromatic carbocycles. The van der Waals surface area contributed by atoms with Crippen LogP contribution >= 0.6 is 11.8 Å². The molecule has 2 rings (SSSR count). The van der Waals surface area contributed by atoms with Gasteiger partial charge < -0.3 is 9.84 Å². The minimum Gasteiger partial charge on any atom is -0.360 e. The number of benzene rings is 1. The van der Waals surface area contributed by atoms with Gasteiger partial charge in [-0.1, -0.05) is 17.3 Å². The van der Waals surface area contributed by atoms with Gasteiger partial charge in [0.25, 0.3) is 0 Å². The number of carbonyl (C=O) groups is 1. The number of aromatic nitrogens is 1. The van der Waals surface area contributed by atoms with Gasteiger partial charge in [0.05, 0.1) is 6.42 Å². The lowest BCUT2D eigenvalue weighted by molar-refractivity contribution is -0.115. The number of nitrogens with zero attached hydrogens (tertiary/aromatic N) is 1. The Morgan fingerprint density at radius 1 is 1.39 bits per heavy atom. The summed E-state index contributed by atoms with van der Waals surface area (Å²) in [5.74, 6) is 1.04. The number of hydrogen-bond donors (Lipinski definition) is 1. The number of amides is 1. The number of anilines is 1. The van der Waals surface area contributed by atoms with E-state index in [1.165, 1.54) is 4.90 Å². The van der Waals surface area contributed by atoms with Crippen LogP contribution in [0.5, 0.6) is 0 Å². The highest BCUT2D eigenvalue weighted by atomic mass is 32.2. The lowest BCUT2D eigenvalue weighted by Crippen LogP contribution is -2.14. The summed E-state index contributed by atoms with van der Waals surface area (Å²) in [6, 6.07) is 9.62. The van der Waals surface area contributed by atoms with Crippen LogP contribution in [0.15, 0.2) is 39.8 Å². The maximum absolute atomic E-state index is 11.7. The van der Waals surface area contributed by atoms with Crippen molar-refractivity contribution in [1.82, 2.24) is 5.16 Å². The number of thioether (sulfide) groups is 1. The van der Waals surface area contributed by atoms with Gasteiger partial charge in [0.2, 0.25) is 5.91 Å². The molecule has 1 N–H and O–H groups in total. The summed E-state index contributed by atoms with van der Waals surface area (Å²) < 4.78 is 4.88. The molecule has 18 heavy (non-hydrogen) atoms. The van der Waals surface area contributed by atoms with E-state index in [1.807, 2.05) is 30.5 Å². The Labute approximate surface area is 110 Å². The minimum atomic E-state index is -0.0970. The van der Waals surface area contributed by atoms with E-state index in [9.17, 15) is 4.79 Å². The van der Waals surface area contributed by atoms with E-state index in [2.05, 4.69) is 10.5 Å². The standard InChI is InChI=1S/C13H14N2O2S/c1-9-7-12(15-17-9)14-13(16)8-10-3-5-11(18-2)6-4-10/h3-7H,8H2,1-2H3,(H,14,15,16). The van der Waals surface area contributed by atoms with E-state index < -0.39 is 0 Å². The summed E-state index contributed by atoms with van der Waals surface area (Å²) in [7, 11) is 0. The van der Waals surface area contributed by atoms with Crippen molar-refractivity contribution in [2.24, 2.45) is 0 Å². The molecule has 1 amide bonds. The molecule has 0 atom stereocenters. The Balaban J connectivity index is 1.94. The van der Waals surface area contributed by atoms with Crippen molar-refractivity contribution in [3.63, 3.8) is 0 Å². The molecule has 0 saturated heterocycles. The number of rotatable bonds is 4. The van der Waals surface area contributed by atoms with Gasteiger partial charge in [-0.15, -0.1) is 11.8 Å². The Morgan fingerprint density at radius 2 is 2.11 bits per heavy atom. The van der Waals surface area contributed by atoms with Crippen LogP contribution in [0.1, 0.15) is 11.3 Å². The highest BCUT2D eigenvalue weighted by Crippen LogP contribution is 2.15. The first-order valence-corrected chi connectivity index (χ1v) is 6.76. The van der Waals surface area contributed by atoms with Crippen LogP contribution in [-0.4, -0.2) is 17.3 Å². The van der Waals surface area contributed by atoms with Gasteiger partial charge in [0.15, 0.2) is 5.82 Å². The lowest BCUT2D eigenvalue weighted by Gasteiger charge is -2.02. The first-order chi connectivity index (χ1) is 8.67. The predicted octanol–water partition coefficient (Wildman–Crippen LogP) is 2.89. The van der Waals surface area contributed by atoms with E-state index >= 15 is 0 Å². The lowest BCUT2D eigenvalue weighted by atomic mass is 10.1. The largest absolute Gasteiger partial charge is 0.360 e. The van der Waals surface area contributed by atoms with Crippen LogP contribution in [0.2, 0.25) is 0 Å². The van der Waals surface area contributed by atoms with E-state index in [0.29, 0.717) is 18.0 Å². The van der Waals surface area contributed by atoms with Crippen molar-refractivity contribution in [2.45, 2.75) is 18.2 Å². The summed E-state index contributed by atoms with van der Waals surface area (Å²) in [5.41, 5.74) is 0.977. The molecule has 2 aromatic rings. The maximum Gasteiger partial charge on any atom is 0.230 e. The van der Waals surface area contributed by atoms with Gasteiger partial charge in [-0.05, 0) is 30.9 Å². The fourth-order valence-corrected chi connectivity index (χ4v) is 1.95. The van der Waals surface area contributed by atoms with Gasteiger partial charge >= 0.3 is 0 Å². The number of nitrogens with one attached hydrogen (secondary N) is 1. The van der Waals surface area contributed by atoms with E-state index in [0.717, 1.165) is 5.56 Å². The molecule has 0 aliphatic carbocycles. The SMILES string of the molecule is CSc1ccc(CC(=O)Nc2cc(C)on2)cc1. The van der Waals surface area contributed by atoms with Crippen molar-refractivity contribution in [3.05, 3.63) is 41.7 Å². The zero-order valence-corrected chi connectivity index (χ0v) is 11.1. The zero-order valence-electron chi connectivity index (χ0n) is 10.3. The zero-order chi connectivity index (χ0) is 13.0. The van der Waals surface area contributed by atoms with Crippen LogP contribution in [0.4, 0.5) is 5.82 Å². The van der Waals surface area contributed by atoms with Gasteiger partial charge in [-0.3, -0.25) is 4.79 Å².